The van der Waals surface area contributed by atoms with E-state index in [0.29, 0.717) is 16.8 Å². The quantitative estimate of drug-likeness (QED) is 0.884. The summed E-state index contributed by atoms with van der Waals surface area (Å²) in [7, 11) is 0. The molecule has 2 aromatic rings. The number of amides is 3. The Labute approximate surface area is 140 Å². The Bertz CT molecular complexity index is 822. The fourth-order valence-electron chi connectivity index (χ4n) is 2.78. The van der Waals surface area contributed by atoms with Crippen molar-refractivity contribution in [2.24, 2.45) is 0 Å². The minimum atomic E-state index is -0.891. The lowest BCUT2D eigenvalue weighted by Gasteiger charge is -2.22. The normalized spacial score (nSPS) is 14.5. The zero-order valence-electron chi connectivity index (χ0n) is 13.8. The van der Waals surface area contributed by atoms with E-state index in [9.17, 15) is 14.4 Å². The van der Waals surface area contributed by atoms with Crippen LogP contribution in [0.5, 0.6) is 0 Å². The fraction of sp³-hybridized carbons (Fsp3) is 0.211. The molecule has 122 valence electrons. The number of aryl methyl sites for hydroxylation is 2. The zero-order valence-corrected chi connectivity index (χ0v) is 13.8. The Morgan fingerprint density at radius 3 is 2.17 bits per heavy atom. The maximum absolute atomic E-state index is 12.5. The predicted molar refractivity (Wildman–Crippen MR) is 90.9 cm³/mol. The lowest BCUT2D eigenvalue weighted by Crippen LogP contribution is -2.45. The third-order valence-corrected chi connectivity index (χ3v) is 4.24. The second-order valence-corrected chi connectivity index (χ2v) is 6.01. The van der Waals surface area contributed by atoms with Crippen LogP contribution in [-0.4, -0.2) is 28.7 Å². The summed E-state index contributed by atoms with van der Waals surface area (Å²) in [5.74, 6) is -1.25. The summed E-state index contributed by atoms with van der Waals surface area (Å²) in [6.45, 7) is 5.38. The average Bonchev–Trinajstić information content (AvgIpc) is 2.82. The lowest BCUT2D eigenvalue weighted by molar-refractivity contribution is -0.119. The van der Waals surface area contributed by atoms with Crippen molar-refractivity contribution in [1.82, 2.24) is 4.90 Å². The predicted octanol–water partition coefficient (Wildman–Crippen LogP) is 2.93. The molecule has 0 radical (unpaired) electrons. The molecule has 0 saturated heterocycles. The van der Waals surface area contributed by atoms with Crippen LogP contribution < -0.4 is 5.32 Å². The Kier molecular flexibility index (Phi) is 3.93. The number of hydrogen-bond acceptors (Lipinski definition) is 3. The molecule has 2 aromatic carbocycles. The molecular weight excluding hydrogens is 304 g/mol. The molecule has 0 bridgehead atoms. The molecule has 0 saturated carbocycles. The first-order valence-electron chi connectivity index (χ1n) is 7.75. The molecule has 0 spiro atoms. The standard InChI is InChI=1S/C19H18N2O3/c1-11-8-9-12(2)16(10-11)20-17(22)13(3)21-18(23)14-6-4-5-7-15(14)19(21)24/h4-10,13H,1-3H3,(H,20,22)/t13-/m1/s1. The SMILES string of the molecule is Cc1ccc(C)c(NC(=O)[C@@H](C)N2C(=O)c3ccccc3C2=O)c1. The van der Waals surface area contributed by atoms with Crippen molar-refractivity contribution in [3.63, 3.8) is 0 Å². The number of anilines is 1. The summed E-state index contributed by atoms with van der Waals surface area (Å²) >= 11 is 0. The van der Waals surface area contributed by atoms with Gasteiger partial charge in [0, 0.05) is 5.69 Å². The van der Waals surface area contributed by atoms with Crippen molar-refractivity contribution in [2.45, 2.75) is 26.8 Å². The van der Waals surface area contributed by atoms with Crippen molar-refractivity contribution in [3.05, 3.63) is 64.7 Å². The van der Waals surface area contributed by atoms with E-state index in [1.807, 2.05) is 32.0 Å². The van der Waals surface area contributed by atoms with Gasteiger partial charge in [0.1, 0.15) is 6.04 Å². The van der Waals surface area contributed by atoms with Gasteiger partial charge < -0.3 is 5.32 Å². The van der Waals surface area contributed by atoms with Crippen LogP contribution >= 0.6 is 0 Å². The molecule has 3 amide bonds. The third-order valence-electron chi connectivity index (χ3n) is 4.24. The molecule has 1 heterocycles. The van der Waals surface area contributed by atoms with Gasteiger partial charge in [-0.15, -0.1) is 0 Å². The number of rotatable bonds is 3. The van der Waals surface area contributed by atoms with Gasteiger partial charge in [-0.05, 0) is 50.1 Å². The number of nitrogens with zero attached hydrogens (tertiary/aromatic N) is 1. The molecule has 5 heteroatoms. The summed E-state index contributed by atoms with van der Waals surface area (Å²) in [5.41, 5.74) is 3.30. The minimum absolute atomic E-state index is 0.342. The van der Waals surface area contributed by atoms with Crippen molar-refractivity contribution in [3.8, 4) is 0 Å². The molecule has 0 aromatic heterocycles. The maximum atomic E-state index is 12.5. The maximum Gasteiger partial charge on any atom is 0.262 e. The van der Waals surface area contributed by atoms with Gasteiger partial charge in [0.25, 0.3) is 11.8 Å². The van der Waals surface area contributed by atoms with Crippen LogP contribution in [0.15, 0.2) is 42.5 Å². The van der Waals surface area contributed by atoms with E-state index in [2.05, 4.69) is 5.32 Å². The number of carbonyl (C=O) groups is 3. The summed E-state index contributed by atoms with van der Waals surface area (Å²) in [4.78, 5) is 38.5. The van der Waals surface area contributed by atoms with Crippen molar-refractivity contribution in [1.29, 1.82) is 0 Å². The van der Waals surface area contributed by atoms with E-state index in [1.54, 1.807) is 31.2 Å². The van der Waals surface area contributed by atoms with E-state index in [0.717, 1.165) is 16.0 Å². The topological polar surface area (TPSA) is 66.5 Å². The first kappa shape index (κ1) is 15.9. The van der Waals surface area contributed by atoms with Crippen LogP contribution in [0.25, 0.3) is 0 Å². The number of carbonyl (C=O) groups excluding carboxylic acids is 3. The van der Waals surface area contributed by atoms with Gasteiger partial charge in [-0.2, -0.15) is 0 Å². The number of fused-ring (bicyclic) bond motifs is 1. The summed E-state index contributed by atoms with van der Waals surface area (Å²) in [5, 5.41) is 2.81. The molecule has 5 nitrogen and oxygen atoms in total. The van der Waals surface area contributed by atoms with Crippen LogP contribution in [0.1, 0.15) is 38.8 Å². The second kappa shape index (κ2) is 5.92. The largest absolute Gasteiger partial charge is 0.324 e. The summed E-state index contributed by atoms with van der Waals surface area (Å²) < 4.78 is 0. The number of benzene rings is 2. The Morgan fingerprint density at radius 1 is 1.00 bits per heavy atom. The molecule has 1 atom stereocenters. The van der Waals surface area contributed by atoms with Gasteiger partial charge in [-0.1, -0.05) is 24.3 Å². The second-order valence-electron chi connectivity index (χ2n) is 6.01. The highest BCUT2D eigenvalue weighted by Crippen LogP contribution is 2.25. The van der Waals surface area contributed by atoms with Gasteiger partial charge >= 0.3 is 0 Å². The fourth-order valence-corrected chi connectivity index (χ4v) is 2.78. The highest BCUT2D eigenvalue weighted by molar-refractivity contribution is 6.23. The molecule has 24 heavy (non-hydrogen) atoms. The Balaban J connectivity index is 1.83. The van der Waals surface area contributed by atoms with E-state index >= 15 is 0 Å². The van der Waals surface area contributed by atoms with Crippen LogP contribution in [0, 0.1) is 13.8 Å². The third kappa shape index (κ3) is 2.58. The minimum Gasteiger partial charge on any atom is -0.324 e. The van der Waals surface area contributed by atoms with Gasteiger partial charge in [-0.3, -0.25) is 19.3 Å². The average molecular weight is 322 g/mol. The molecule has 1 aliphatic heterocycles. The summed E-state index contributed by atoms with van der Waals surface area (Å²) in [6, 6.07) is 11.5. The highest BCUT2D eigenvalue weighted by atomic mass is 16.2. The summed E-state index contributed by atoms with van der Waals surface area (Å²) in [6.07, 6.45) is 0. The van der Waals surface area contributed by atoms with Crippen LogP contribution in [-0.2, 0) is 4.79 Å². The molecule has 1 N–H and O–H groups in total. The Hall–Kier alpha value is -2.95. The van der Waals surface area contributed by atoms with E-state index in [4.69, 9.17) is 0 Å². The van der Waals surface area contributed by atoms with Gasteiger partial charge in [0.05, 0.1) is 11.1 Å². The van der Waals surface area contributed by atoms with Crippen molar-refractivity contribution >= 4 is 23.4 Å². The van der Waals surface area contributed by atoms with Gasteiger partial charge in [0.2, 0.25) is 5.91 Å². The lowest BCUT2D eigenvalue weighted by atomic mass is 10.1. The van der Waals surface area contributed by atoms with Crippen molar-refractivity contribution in [2.75, 3.05) is 5.32 Å². The first-order valence-corrected chi connectivity index (χ1v) is 7.75. The van der Waals surface area contributed by atoms with Crippen LogP contribution in [0.3, 0.4) is 0 Å². The monoisotopic (exact) mass is 322 g/mol. The van der Waals surface area contributed by atoms with Crippen molar-refractivity contribution < 1.29 is 14.4 Å². The molecule has 3 rings (SSSR count). The molecule has 0 unspecified atom stereocenters. The van der Waals surface area contributed by atoms with Crippen LogP contribution in [0.4, 0.5) is 5.69 Å². The van der Waals surface area contributed by atoms with Crippen LogP contribution in [0.2, 0.25) is 0 Å². The molecular formula is C19H18N2O3. The van der Waals surface area contributed by atoms with E-state index in [1.165, 1.54) is 0 Å². The smallest absolute Gasteiger partial charge is 0.262 e. The van der Waals surface area contributed by atoms with E-state index in [-0.39, 0.29) is 0 Å². The zero-order chi connectivity index (χ0) is 17.4. The Morgan fingerprint density at radius 2 is 1.58 bits per heavy atom. The first-order chi connectivity index (χ1) is 11.4. The molecule has 0 aliphatic carbocycles. The number of imide groups is 1. The highest BCUT2D eigenvalue weighted by Gasteiger charge is 2.40. The van der Waals surface area contributed by atoms with Gasteiger partial charge in [-0.25, -0.2) is 0 Å². The van der Waals surface area contributed by atoms with Gasteiger partial charge in [0.15, 0.2) is 0 Å². The molecule has 0 fully saturated rings. The number of nitrogens with one attached hydrogen (secondary N) is 1. The molecule has 1 aliphatic rings. The number of hydrogen-bond donors (Lipinski definition) is 1. The van der Waals surface area contributed by atoms with E-state index < -0.39 is 23.8 Å².